The van der Waals surface area contributed by atoms with Crippen LogP contribution in [0.25, 0.3) is 0 Å². The molecule has 1 aliphatic carbocycles. The van der Waals surface area contributed by atoms with Crippen LogP contribution in [0.5, 0.6) is 11.5 Å². The van der Waals surface area contributed by atoms with E-state index in [0.717, 1.165) is 24.8 Å². The second kappa shape index (κ2) is 7.07. The van der Waals surface area contributed by atoms with E-state index in [0.29, 0.717) is 23.5 Å². The fourth-order valence-electron chi connectivity index (χ4n) is 3.60. The molecule has 1 aromatic carbocycles. The smallest absolute Gasteiger partial charge is 0.331 e. The van der Waals surface area contributed by atoms with Gasteiger partial charge in [-0.25, -0.2) is 4.79 Å². The van der Waals surface area contributed by atoms with Crippen LogP contribution in [-0.4, -0.2) is 21.3 Å². The van der Waals surface area contributed by atoms with Crippen LogP contribution >= 0.6 is 0 Å². The Hall–Kier alpha value is -1.97. The molecule has 0 saturated carbocycles. The molecule has 4 heteroatoms. The van der Waals surface area contributed by atoms with Gasteiger partial charge in [0.25, 0.3) is 0 Å². The molecule has 0 bridgehead atoms. The van der Waals surface area contributed by atoms with Crippen molar-refractivity contribution in [3.63, 3.8) is 0 Å². The number of rotatable bonds is 5. The van der Waals surface area contributed by atoms with Gasteiger partial charge in [0.2, 0.25) is 0 Å². The van der Waals surface area contributed by atoms with Crippen LogP contribution in [-0.2, 0) is 11.2 Å². The Kier molecular flexibility index (Phi) is 5.34. The lowest BCUT2D eigenvalue weighted by Gasteiger charge is -2.33. The summed E-state index contributed by atoms with van der Waals surface area (Å²) in [7, 11) is 0. The lowest BCUT2D eigenvalue weighted by atomic mass is 9.71. The second-order valence-corrected chi connectivity index (χ2v) is 6.77. The number of carboxylic acids is 1. The molecule has 126 valence electrons. The minimum absolute atomic E-state index is 0.0620. The van der Waals surface area contributed by atoms with Crippen molar-refractivity contribution in [1.29, 1.82) is 0 Å². The predicted molar refractivity (Wildman–Crippen MR) is 89.8 cm³/mol. The zero-order chi connectivity index (χ0) is 17.1. The van der Waals surface area contributed by atoms with Crippen molar-refractivity contribution < 1.29 is 20.1 Å². The first kappa shape index (κ1) is 17.4. The van der Waals surface area contributed by atoms with Gasteiger partial charge in [0, 0.05) is 17.1 Å². The molecule has 0 heterocycles. The lowest BCUT2D eigenvalue weighted by Crippen LogP contribution is -2.23. The third-order valence-corrected chi connectivity index (χ3v) is 4.79. The number of aliphatic carboxylic acids is 1. The number of aromatic hydroxyl groups is 2. The highest BCUT2D eigenvalue weighted by Gasteiger charge is 2.33. The van der Waals surface area contributed by atoms with E-state index in [1.54, 1.807) is 18.2 Å². The Morgan fingerprint density at radius 2 is 1.87 bits per heavy atom. The van der Waals surface area contributed by atoms with Crippen molar-refractivity contribution in [3.8, 4) is 11.5 Å². The molecule has 3 N–H and O–H groups in total. The molecule has 0 aromatic heterocycles. The van der Waals surface area contributed by atoms with Gasteiger partial charge in [-0.3, -0.25) is 0 Å². The third-order valence-electron chi connectivity index (χ3n) is 4.79. The van der Waals surface area contributed by atoms with Gasteiger partial charge in [0.05, 0.1) is 0 Å². The zero-order valence-electron chi connectivity index (χ0n) is 14.0. The summed E-state index contributed by atoms with van der Waals surface area (Å²) in [6, 6.07) is 3.39. The predicted octanol–water partition coefficient (Wildman–Crippen LogP) is 4.21. The maximum absolute atomic E-state index is 11.3. The summed E-state index contributed by atoms with van der Waals surface area (Å²) in [6.45, 7) is 6.23. The number of hydrogen-bond donors (Lipinski definition) is 3. The quantitative estimate of drug-likeness (QED) is 0.760. The third kappa shape index (κ3) is 3.69. The van der Waals surface area contributed by atoms with Gasteiger partial charge in [-0.15, -0.1) is 0 Å². The van der Waals surface area contributed by atoms with E-state index < -0.39 is 5.97 Å². The molecule has 2 rings (SSSR count). The number of carbonyl (C=O) groups is 1. The first-order valence-electron chi connectivity index (χ1n) is 8.33. The summed E-state index contributed by atoms with van der Waals surface area (Å²) >= 11 is 0. The van der Waals surface area contributed by atoms with Crippen LogP contribution in [0.4, 0.5) is 0 Å². The van der Waals surface area contributed by atoms with E-state index in [2.05, 4.69) is 13.8 Å². The van der Waals surface area contributed by atoms with Gasteiger partial charge in [-0.1, -0.05) is 33.3 Å². The molecule has 0 spiro atoms. The van der Waals surface area contributed by atoms with Gasteiger partial charge in [0.15, 0.2) is 0 Å². The zero-order valence-corrected chi connectivity index (χ0v) is 14.0. The van der Waals surface area contributed by atoms with E-state index in [1.165, 1.54) is 0 Å². The maximum atomic E-state index is 11.3. The van der Waals surface area contributed by atoms with Crippen LogP contribution in [0.3, 0.4) is 0 Å². The van der Waals surface area contributed by atoms with Gasteiger partial charge in [-0.2, -0.15) is 0 Å². The van der Waals surface area contributed by atoms with Crippen molar-refractivity contribution in [1.82, 2.24) is 0 Å². The largest absolute Gasteiger partial charge is 0.507 e. The Bertz CT molecular complexity index is 593. The standard InChI is InChI=1S/C19H26O4/c1-4-5-12-8-16(20)18(17(21)9-12)15-10-13(19(22)23)6-7-14(15)11(2)3/h8-11,14-15,20-21H,4-7H2,1-3H3,(H,22,23). The molecule has 0 fully saturated rings. The van der Waals surface area contributed by atoms with Gasteiger partial charge >= 0.3 is 5.97 Å². The van der Waals surface area contributed by atoms with Crippen molar-refractivity contribution in [2.24, 2.45) is 11.8 Å². The molecule has 1 aromatic rings. The number of allylic oxidation sites excluding steroid dienone is 1. The average Bonchev–Trinajstić information content (AvgIpc) is 2.46. The molecule has 2 unspecified atom stereocenters. The first-order valence-corrected chi connectivity index (χ1v) is 8.33. The number of phenolic OH excluding ortho intramolecular Hbond substituents is 2. The van der Waals surface area contributed by atoms with Crippen LogP contribution < -0.4 is 0 Å². The Balaban J connectivity index is 2.51. The highest BCUT2D eigenvalue weighted by atomic mass is 16.4. The van der Waals surface area contributed by atoms with Gasteiger partial charge in [0.1, 0.15) is 11.5 Å². The number of hydrogen-bond acceptors (Lipinski definition) is 3. The van der Waals surface area contributed by atoms with Crippen molar-refractivity contribution in [3.05, 3.63) is 34.9 Å². The van der Waals surface area contributed by atoms with E-state index in [4.69, 9.17) is 0 Å². The fraction of sp³-hybridized carbons (Fsp3) is 0.526. The molecule has 23 heavy (non-hydrogen) atoms. The monoisotopic (exact) mass is 318 g/mol. The summed E-state index contributed by atoms with van der Waals surface area (Å²) in [5, 5.41) is 30.2. The number of phenols is 2. The Labute approximate surface area is 137 Å². The van der Waals surface area contributed by atoms with E-state index in [9.17, 15) is 20.1 Å². The van der Waals surface area contributed by atoms with Crippen LogP contribution in [0.15, 0.2) is 23.8 Å². The summed E-state index contributed by atoms with van der Waals surface area (Å²) in [6.07, 6.45) is 4.71. The first-order chi connectivity index (χ1) is 10.8. The molecule has 2 atom stereocenters. The van der Waals surface area contributed by atoms with E-state index in [-0.39, 0.29) is 23.3 Å². The molecule has 0 radical (unpaired) electrons. The molecule has 1 aliphatic rings. The molecule has 0 amide bonds. The molecule has 0 saturated heterocycles. The minimum Gasteiger partial charge on any atom is -0.507 e. The van der Waals surface area contributed by atoms with Crippen LogP contribution in [0.2, 0.25) is 0 Å². The molecular formula is C19H26O4. The lowest BCUT2D eigenvalue weighted by molar-refractivity contribution is -0.133. The molecule has 4 nitrogen and oxygen atoms in total. The number of benzene rings is 1. The summed E-state index contributed by atoms with van der Waals surface area (Å²) < 4.78 is 0. The van der Waals surface area contributed by atoms with Crippen LogP contribution in [0.1, 0.15) is 57.1 Å². The highest BCUT2D eigenvalue weighted by Crippen LogP contribution is 2.46. The minimum atomic E-state index is -0.918. The second-order valence-electron chi connectivity index (χ2n) is 6.77. The van der Waals surface area contributed by atoms with Crippen molar-refractivity contribution >= 4 is 5.97 Å². The molecular weight excluding hydrogens is 292 g/mol. The summed E-state index contributed by atoms with van der Waals surface area (Å²) in [5.74, 6) is -0.532. The summed E-state index contributed by atoms with van der Waals surface area (Å²) in [4.78, 5) is 11.3. The van der Waals surface area contributed by atoms with E-state index >= 15 is 0 Å². The fourth-order valence-corrected chi connectivity index (χ4v) is 3.60. The van der Waals surface area contributed by atoms with E-state index in [1.807, 2.05) is 6.92 Å². The Morgan fingerprint density at radius 1 is 1.26 bits per heavy atom. The topological polar surface area (TPSA) is 77.8 Å². The Morgan fingerprint density at radius 3 is 2.35 bits per heavy atom. The van der Waals surface area contributed by atoms with Gasteiger partial charge < -0.3 is 15.3 Å². The number of carboxylic acid groups (broad SMARTS) is 1. The summed E-state index contributed by atoms with van der Waals surface area (Å²) in [5.41, 5.74) is 1.72. The number of aryl methyl sites for hydroxylation is 1. The van der Waals surface area contributed by atoms with Crippen molar-refractivity contribution in [2.75, 3.05) is 0 Å². The average molecular weight is 318 g/mol. The SMILES string of the molecule is CCCc1cc(O)c(C2C=C(C(=O)O)CCC2C(C)C)c(O)c1. The van der Waals surface area contributed by atoms with Crippen molar-refractivity contribution in [2.45, 2.75) is 52.4 Å². The van der Waals surface area contributed by atoms with Gasteiger partial charge in [-0.05, 0) is 48.8 Å². The normalized spacial score (nSPS) is 21.3. The molecule has 0 aliphatic heterocycles. The maximum Gasteiger partial charge on any atom is 0.331 e. The highest BCUT2D eigenvalue weighted by molar-refractivity contribution is 5.87. The van der Waals surface area contributed by atoms with Crippen LogP contribution in [0, 0.1) is 11.8 Å².